The molecule has 2 aromatic carbocycles. The third kappa shape index (κ3) is 7.84. The van der Waals surface area contributed by atoms with Crippen LogP contribution in [0.2, 0.25) is 0 Å². The molecule has 2 aliphatic rings. The van der Waals surface area contributed by atoms with Crippen molar-refractivity contribution in [1.82, 2.24) is 10.6 Å². The minimum atomic E-state index is -4.51. The van der Waals surface area contributed by atoms with Gasteiger partial charge in [-0.1, -0.05) is 37.3 Å². The SMILES string of the molecule is CCCNC(=O)C[C@@H](CCC(F)(F)F)C(=O)N[C@H]1N=C(c2ccccc2)c2ccc(OC3COC3)cc2N(C)C1=O. The number of likely N-dealkylation sites (N-methyl/N-ethyl adjacent to an activating group) is 1. The lowest BCUT2D eigenvalue weighted by atomic mass is 9.97. The van der Waals surface area contributed by atoms with Crippen LogP contribution in [0.25, 0.3) is 0 Å². The van der Waals surface area contributed by atoms with E-state index in [-0.39, 0.29) is 6.10 Å². The Hall–Kier alpha value is -3.93. The number of nitrogens with zero attached hydrogens (tertiary/aromatic N) is 2. The van der Waals surface area contributed by atoms with Gasteiger partial charge in [0.2, 0.25) is 18.0 Å². The highest BCUT2D eigenvalue weighted by Gasteiger charge is 2.36. The smallest absolute Gasteiger partial charge is 0.389 e. The lowest BCUT2D eigenvalue weighted by Crippen LogP contribution is -2.48. The molecule has 2 aromatic rings. The molecule has 0 aliphatic carbocycles. The summed E-state index contributed by atoms with van der Waals surface area (Å²) in [7, 11) is 1.53. The second kappa shape index (κ2) is 13.2. The van der Waals surface area contributed by atoms with E-state index >= 15 is 0 Å². The first-order valence-electron chi connectivity index (χ1n) is 13.5. The van der Waals surface area contributed by atoms with Gasteiger partial charge in [0, 0.05) is 49.5 Å². The topological polar surface area (TPSA) is 109 Å². The van der Waals surface area contributed by atoms with Crippen molar-refractivity contribution in [1.29, 1.82) is 0 Å². The van der Waals surface area contributed by atoms with Crippen LogP contribution in [-0.4, -0.2) is 68.7 Å². The highest BCUT2D eigenvalue weighted by atomic mass is 19.4. The van der Waals surface area contributed by atoms with Gasteiger partial charge in [-0.15, -0.1) is 0 Å². The van der Waals surface area contributed by atoms with Gasteiger partial charge in [-0.3, -0.25) is 14.4 Å². The normalized spacial score (nSPS) is 18.0. The van der Waals surface area contributed by atoms with Crippen molar-refractivity contribution in [2.45, 2.75) is 51.1 Å². The number of benzodiazepines with no additional fused rings is 1. The van der Waals surface area contributed by atoms with Gasteiger partial charge >= 0.3 is 6.18 Å². The van der Waals surface area contributed by atoms with E-state index in [1.807, 2.05) is 13.0 Å². The van der Waals surface area contributed by atoms with Crippen molar-refractivity contribution in [3.05, 3.63) is 59.7 Å². The Morgan fingerprint density at radius 2 is 1.90 bits per heavy atom. The van der Waals surface area contributed by atoms with Gasteiger partial charge in [0.05, 0.1) is 24.6 Å². The molecule has 0 saturated carbocycles. The van der Waals surface area contributed by atoms with Gasteiger partial charge < -0.3 is 25.0 Å². The number of anilines is 1. The van der Waals surface area contributed by atoms with Crippen LogP contribution in [0.5, 0.6) is 5.75 Å². The quantitative estimate of drug-likeness (QED) is 0.427. The number of halogens is 3. The molecule has 1 saturated heterocycles. The zero-order valence-electron chi connectivity index (χ0n) is 22.9. The number of rotatable bonds is 11. The van der Waals surface area contributed by atoms with E-state index in [1.54, 1.807) is 42.5 Å². The molecule has 0 unspecified atom stereocenters. The van der Waals surface area contributed by atoms with E-state index in [4.69, 9.17) is 9.47 Å². The number of nitrogens with one attached hydrogen (secondary N) is 2. The Balaban J connectivity index is 1.64. The lowest BCUT2D eigenvalue weighted by Gasteiger charge is -2.28. The summed E-state index contributed by atoms with van der Waals surface area (Å²) in [6, 6.07) is 14.3. The fourth-order valence-corrected chi connectivity index (χ4v) is 4.49. The monoisotopic (exact) mass is 574 g/mol. The Morgan fingerprint density at radius 3 is 2.54 bits per heavy atom. The van der Waals surface area contributed by atoms with E-state index in [0.29, 0.717) is 54.5 Å². The molecule has 2 aliphatic heterocycles. The van der Waals surface area contributed by atoms with E-state index in [2.05, 4.69) is 15.6 Å². The largest absolute Gasteiger partial charge is 0.486 e. The maximum atomic E-state index is 13.6. The number of alkyl halides is 3. The van der Waals surface area contributed by atoms with Crippen LogP contribution >= 0.6 is 0 Å². The molecule has 1 fully saturated rings. The molecule has 220 valence electrons. The van der Waals surface area contributed by atoms with Gasteiger partial charge in [-0.2, -0.15) is 13.2 Å². The molecule has 0 bridgehead atoms. The van der Waals surface area contributed by atoms with Crippen molar-refractivity contribution >= 4 is 29.1 Å². The summed E-state index contributed by atoms with van der Waals surface area (Å²) in [5.41, 5.74) is 2.17. The molecule has 3 amide bonds. The fraction of sp³-hybridized carbons (Fsp3) is 0.448. The summed E-state index contributed by atoms with van der Waals surface area (Å²) >= 11 is 0. The van der Waals surface area contributed by atoms with Crippen molar-refractivity contribution in [3.63, 3.8) is 0 Å². The summed E-state index contributed by atoms with van der Waals surface area (Å²) in [4.78, 5) is 45.2. The Kier molecular flexibility index (Phi) is 9.64. The van der Waals surface area contributed by atoms with E-state index < -0.39 is 55.2 Å². The summed E-state index contributed by atoms with van der Waals surface area (Å²) in [6.45, 7) is 3.09. The summed E-state index contributed by atoms with van der Waals surface area (Å²) in [5.74, 6) is -2.78. The maximum Gasteiger partial charge on any atom is 0.389 e. The highest BCUT2D eigenvalue weighted by molar-refractivity contribution is 6.20. The average molecular weight is 575 g/mol. The number of hydrogen-bond donors (Lipinski definition) is 2. The molecule has 0 aromatic heterocycles. The number of amides is 3. The molecule has 12 heteroatoms. The maximum absolute atomic E-state index is 13.6. The van der Waals surface area contributed by atoms with Gasteiger partial charge in [-0.25, -0.2) is 4.99 Å². The standard InChI is InChI=1S/C29H33F3N4O5/c1-3-13-33-24(37)14-19(11-12-29(30,31)32)27(38)35-26-28(39)36(2)23-15-20(41-21-16-40-17-21)9-10-22(23)25(34-26)18-7-5-4-6-8-18/h4-10,15,19,21,26H,3,11-14,16-17H2,1-2H3,(H,33,37)(H,35,38)/t19-,26-/m1/s1. The number of carbonyl (C=O) groups is 3. The van der Waals surface area contributed by atoms with Crippen molar-refractivity contribution < 1.29 is 37.0 Å². The predicted octanol–water partition coefficient (Wildman–Crippen LogP) is 3.60. The Labute approximate surface area is 236 Å². The number of aliphatic imine (C=N–C) groups is 1. The van der Waals surface area contributed by atoms with Gasteiger partial charge in [0.15, 0.2) is 0 Å². The van der Waals surface area contributed by atoms with Crippen LogP contribution in [0.4, 0.5) is 18.9 Å². The lowest BCUT2D eigenvalue weighted by molar-refractivity contribution is -0.144. The average Bonchev–Trinajstić information content (AvgIpc) is 3.02. The molecule has 9 nitrogen and oxygen atoms in total. The predicted molar refractivity (Wildman–Crippen MR) is 146 cm³/mol. The minimum Gasteiger partial charge on any atom is -0.486 e. The van der Waals surface area contributed by atoms with Crippen LogP contribution in [0.15, 0.2) is 53.5 Å². The molecule has 2 atom stereocenters. The molecule has 0 radical (unpaired) electrons. The number of benzene rings is 2. The van der Waals surface area contributed by atoms with Crippen molar-refractivity contribution in [2.24, 2.45) is 10.9 Å². The number of ether oxygens (including phenoxy) is 2. The van der Waals surface area contributed by atoms with Crippen LogP contribution < -0.4 is 20.3 Å². The highest BCUT2D eigenvalue weighted by Crippen LogP contribution is 2.32. The zero-order chi connectivity index (χ0) is 29.6. The zero-order valence-corrected chi connectivity index (χ0v) is 22.9. The molecule has 2 N–H and O–H groups in total. The van der Waals surface area contributed by atoms with E-state index in [9.17, 15) is 27.6 Å². The molecule has 2 heterocycles. The van der Waals surface area contributed by atoms with Gasteiger partial charge in [0.1, 0.15) is 11.9 Å². The fourth-order valence-electron chi connectivity index (χ4n) is 4.49. The molecular formula is C29H33F3N4O5. The molecule has 4 rings (SSSR count). The summed E-state index contributed by atoms with van der Waals surface area (Å²) in [5, 5.41) is 5.11. The molecule has 0 spiro atoms. The number of fused-ring (bicyclic) bond motifs is 1. The summed E-state index contributed by atoms with van der Waals surface area (Å²) < 4.78 is 50.2. The summed E-state index contributed by atoms with van der Waals surface area (Å²) in [6.07, 6.45) is -7.71. The number of carbonyl (C=O) groups excluding carboxylic acids is 3. The van der Waals surface area contributed by atoms with Crippen molar-refractivity contribution in [3.8, 4) is 5.75 Å². The third-order valence-electron chi connectivity index (χ3n) is 6.80. The van der Waals surface area contributed by atoms with Crippen LogP contribution in [0, 0.1) is 5.92 Å². The third-order valence-corrected chi connectivity index (χ3v) is 6.80. The molecule has 41 heavy (non-hydrogen) atoms. The van der Waals surface area contributed by atoms with E-state index in [0.717, 1.165) is 0 Å². The van der Waals surface area contributed by atoms with Crippen LogP contribution in [0.3, 0.4) is 0 Å². The van der Waals surface area contributed by atoms with Crippen LogP contribution in [-0.2, 0) is 19.1 Å². The minimum absolute atomic E-state index is 0.0997. The first-order valence-corrected chi connectivity index (χ1v) is 13.5. The first-order chi connectivity index (χ1) is 19.6. The molecular weight excluding hydrogens is 541 g/mol. The Bertz CT molecular complexity index is 1280. The van der Waals surface area contributed by atoms with Crippen LogP contribution in [0.1, 0.15) is 43.7 Å². The van der Waals surface area contributed by atoms with Gasteiger partial charge in [-0.05, 0) is 25.0 Å². The first kappa shape index (κ1) is 30.0. The second-order valence-electron chi connectivity index (χ2n) is 10.0. The van der Waals surface area contributed by atoms with Gasteiger partial charge in [0.25, 0.3) is 5.91 Å². The van der Waals surface area contributed by atoms with Crippen molar-refractivity contribution in [2.75, 3.05) is 31.7 Å². The number of hydrogen-bond acceptors (Lipinski definition) is 6. The Morgan fingerprint density at radius 1 is 1.17 bits per heavy atom. The van der Waals surface area contributed by atoms with E-state index in [1.165, 1.54) is 11.9 Å². The second-order valence-corrected chi connectivity index (χ2v) is 10.0.